The van der Waals surface area contributed by atoms with Gasteiger partial charge in [0.25, 0.3) is 5.91 Å². The summed E-state index contributed by atoms with van der Waals surface area (Å²) in [6.45, 7) is 5.16. The first-order valence-corrected chi connectivity index (χ1v) is 10.2. The van der Waals surface area contributed by atoms with Crippen molar-refractivity contribution in [2.45, 2.75) is 25.3 Å². The highest BCUT2D eigenvalue weighted by molar-refractivity contribution is 7.89. The fourth-order valence-corrected chi connectivity index (χ4v) is 3.87. The molecule has 0 radical (unpaired) electrons. The van der Waals surface area contributed by atoms with Crippen LogP contribution in [-0.2, 0) is 16.6 Å². The number of fused-ring (bicyclic) bond motifs is 1. The lowest BCUT2D eigenvalue weighted by Crippen LogP contribution is -2.30. The average Bonchev–Trinajstić information content (AvgIpc) is 3.15. The highest BCUT2D eigenvalue weighted by Crippen LogP contribution is 2.32. The number of carbonyl (C=O) groups excluding carboxylic acids is 1. The monoisotopic (exact) mass is 390 g/mol. The SMILES string of the molecule is CCN(CC)C(=O)c1cccc(S(=O)(=O)NCc2ccc3c(c2)OCO3)c1. The fourth-order valence-electron chi connectivity index (χ4n) is 2.80. The summed E-state index contributed by atoms with van der Waals surface area (Å²) >= 11 is 0. The van der Waals surface area contributed by atoms with Crippen LogP contribution in [0.5, 0.6) is 11.5 Å². The summed E-state index contributed by atoms with van der Waals surface area (Å²) in [7, 11) is -3.76. The van der Waals surface area contributed by atoms with Crippen LogP contribution in [-0.4, -0.2) is 39.1 Å². The molecule has 1 aliphatic heterocycles. The maximum Gasteiger partial charge on any atom is 0.253 e. The lowest BCUT2D eigenvalue weighted by molar-refractivity contribution is 0.0772. The Morgan fingerprint density at radius 2 is 1.81 bits per heavy atom. The van der Waals surface area contributed by atoms with E-state index in [-0.39, 0.29) is 24.1 Å². The van der Waals surface area contributed by atoms with Crippen molar-refractivity contribution in [1.82, 2.24) is 9.62 Å². The highest BCUT2D eigenvalue weighted by Gasteiger charge is 2.19. The number of ether oxygens (including phenoxy) is 2. The van der Waals surface area contributed by atoms with Gasteiger partial charge in [-0.05, 0) is 49.7 Å². The van der Waals surface area contributed by atoms with E-state index < -0.39 is 10.0 Å². The largest absolute Gasteiger partial charge is 0.454 e. The maximum atomic E-state index is 12.6. The van der Waals surface area contributed by atoms with E-state index in [0.29, 0.717) is 30.2 Å². The second-order valence-electron chi connectivity index (χ2n) is 6.02. The Morgan fingerprint density at radius 1 is 1.07 bits per heavy atom. The number of sulfonamides is 1. The molecule has 0 fully saturated rings. The van der Waals surface area contributed by atoms with Crippen LogP contribution in [0.1, 0.15) is 29.8 Å². The molecule has 144 valence electrons. The van der Waals surface area contributed by atoms with Crippen molar-refractivity contribution in [2.24, 2.45) is 0 Å². The molecular formula is C19H22N2O5S. The summed E-state index contributed by atoms with van der Waals surface area (Å²) < 4.78 is 38.4. The lowest BCUT2D eigenvalue weighted by atomic mass is 10.2. The molecule has 0 unspecified atom stereocenters. The number of nitrogens with zero attached hydrogens (tertiary/aromatic N) is 1. The first-order chi connectivity index (χ1) is 12.9. The Hall–Kier alpha value is -2.58. The molecule has 27 heavy (non-hydrogen) atoms. The van der Waals surface area contributed by atoms with Gasteiger partial charge in [0.2, 0.25) is 16.8 Å². The molecule has 1 N–H and O–H groups in total. The van der Waals surface area contributed by atoms with Gasteiger partial charge in [-0.25, -0.2) is 13.1 Å². The van der Waals surface area contributed by atoms with E-state index in [9.17, 15) is 13.2 Å². The number of rotatable bonds is 7. The van der Waals surface area contributed by atoms with E-state index >= 15 is 0 Å². The van der Waals surface area contributed by atoms with Gasteiger partial charge in [0.05, 0.1) is 4.90 Å². The Morgan fingerprint density at radius 3 is 2.56 bits per heavy atom. The van der Waals surface area contributed by atoms with Gasteiger partial charge in [0.1, 0.15) is 0 Å². The van der Waals surface area contributed by atoms with Gasteiger partial charge in [-0.2, -0.15) is 0 Å². The Kier molecular flexibility index (Phi) is 5.67. The predicted octanol–water partition coefficient (Wildman–Crippen LogP) is 2.38. The number of benzene rings is 2. The van der Waals surface area contributed by atoms with E-state index in [1.807, 2.05) is 13.8 Å². The molecule has 0 aliphatic carbocycles. The van der Waals surface area contributed by atoms with Gasteiger partial charge < -0.3 is 14.4 Å². The normalized spacial score (nSPS) is 12.8. The molecule has 1 heterocycles. The minimum atomic E-state index is -3.76. The quantitative estimate of drug-likeness (QED) is 0.785. The molecule has 0 bridgehead atoms. The third-order valence-electron chi connectivity index (χ3n) is 4.35. The molecule has 3 rings (SSSR count). The Labute approximate surface area is 158 Å². The lowest BCUT2D eigenvalue weighted by Gasteiger charge is -2.19. The molecule has 1 amide bonds. The molecule has 1 aliphatic rings. The van der Waals surface area contributed by atoms with Crippen molar-refractivity contribution in [3.63, 3.8) is 0 Å². The van der Waals surface area contributed by atoms with Crippen LogP contribution in [0.2, 0.25) is 0 Å². The van der Waals surface area contributed by atoms with Crippen LogP contribution in [0.4, 0.5) is 0 Å². The smallest absolute Gasteiger partial charge is 0.253 e. The second kappa shape index (κ2) is 7.98. The standard InChI is InChI=1S/C19H22N2O5S/c1-3-21(4-2)19(22)15-6-5-7-16(11-15)27(23,24)20-12-14-8-9-17-18(10-14)26-13-25-17/h5-11,20H,3-4,12-13H2,1-2H3. The first-order valence-electron chi connectivity index (χ1n) is 8.72. The molecule has 2 aromatic carbocycles. The van der Waals surface area contributed by atoms with Crippen molar-refractivity contribution in [1.29, 1.82) is 0 Å². The average molecular weight is 390 g/mol. The number of hydrogen-bond donors (Lipinski definition) is 1. The Balaban J connectivity index is 1.75. The van der Waals surface area contributed by atoms with E-state index in [2.05, 4.69) is 4.72 Å². The number of amides is 1. The van der Waals surface area contributed by atoms with Crippen molar-refractivity contribution in [3.8, 4) is 11.5 Å². The number of hydrogen-bond acceptors (Lipinski definition) is 5. The third kappa shape index (κ3) is 4.23. The van der Waals surface area contributed by atoms with Crippen molar-refractivity contribution >= 4 is 15.9 Å². The zero-order valence-corrected chi connectivity index (χ0v) is 16.1. The summed E-state index contributed by atoms with van der Waals surface area (Å²) in [4.78, 5) is 14.2. The van der Waals surface area contributed by atoms with Gasteiger partial charge in [-0.1, -0.05) is 12.1 Å². The summed E-state index contributed by atoms with van der Waals surface area (Å²) in [5, 5.41) is 0. The molecular weight excluding hydrogens is 368 g/mol. The molecule has 0 saturated carbocycles. The number of carbonyl (C=O) groups is 1. The molecule has 0 spiro atoms. The summed E-state index contributed by atoms with van der Waals surface area (Å²) in [5.74, 6) is 1.05. The van der Waals surface area contributed by atoms with Crippen molar-refractivity contribution in [3.05, 3.63) is 53.6 Å². The topological polar surface area (TPSA) is 84.9 Å². The minimum absolute atomic E-state index is 0.0567. The van der Waals surface area contributed by atoms with Gasteiger partial charge >= 0.3 is 0 Å². The van der Waals surface area contributed by atoms with Crippen LogP contribution >= 0.6 is 0 Å². The molecule has 0 atom stereocenters. The third-order valence-corrected chi connectivity index (χ3v) is 5.74. The van der Waals surface area contributed by atoms with E-state index in [1.54, 1.807) is 35.2 Å². The van der Waals surface area contributed by atoms with Gasteiger partial charge in [-0.15, -0.1) is 0 Å². The van der Waals surface area contributed by atoms with Gasteiger partial charge in [0, 0.05) is 25.2 Å². The van der Waals surface area contributed by atoms with E-state index in [4.69, 9.17) is 9.47 Å². The van der Waals surface area contributed by atoms with Crippen LogP contribution < -0.4 is 14.2 Å². The maximum absolute atomic E-state index is 12.6. The molecule has 2 aromatic rings. The van der Waals surface area contributed by atoms with Crippen LogP contribution in [0.3, 0.4) is 0 Å². The van der Waals surface area contributed by atoms with Crippen molar-refractivity contribution < 1.29 is 22.7 Å². The first kappa shape index (κ1) is 19.2. The number of nitrogens with one attached hydrogen (secondary N) is 1. The minimum Gasteiger partial charge on any atom is -0.454 e. The zero-order chi connectivity index (χ0) is 19.4. The Bertz CT molecular complexity index is 939. The zero-order valence-electron chi connectivity index (χ0n) is 15.3. The van der Waals surface area contributed by atoms with Crippen LogP contribution in [0, 0.1) is 0 Å². The van der Waals surface area contributed by atoms with Gasteiger partial charge in [0.15, 0.2) is 11.5 Å². The molecule has 8 heteroatoms. The van der Waals surface area contributed by atoms with Crippen LogP contribution in [0.25, 0.3) is 0 Å². The summed E-state index contributed by atoms with van der Waals surface area (Å²) in [5.41, 5.74) is 1.10. The second-order valence-corrected chi connectivity index (χ2v) is 7.78. The van der Waals surface area contributed by atoms with E-state index in [0.717, 1.165) is 5.56 Å². The molecule has 7 nitrogen and oxygen atoms in total. The highest BCUT2D eigenvalue weighted by atomic mass is 32.2. The fraction of sp³-hybridized carbons (Fsp3) is 0.316. The van der Waals surface area contributed by atoms with Crippen molar-refractivity contribution in [2.75, 3.05) is 19.9 Å². The van der Waals surface area contributed by atoms with Crippen LogP contribution in [0.15, 0.2) is 47.4 Å². The summed E-state index contributed by atoms with van der Waals surface area (Å²) in [6.07, 6.45) is 0. The summed E-state index contributed by atoms with van der Waals surface area (Å²) in [6, 6.07) is 11.3. The van der Waals surface area contributed by atoms with E-state index in [1.165, 1.54) is 12.1 Å². The van der Waals surface area contributed by atoms with Gasteiger partial charge in [-0.3, -0.25) is 4.79 Å². The molecule has 0 saturated heterocycles. The molecule has 0 aromatic heterocycles. The predicted molar refractivity (Wildman–Crippen MR) is 100 cm³/mol.